The molecule has 2 aliphatic carbocycles. The number of aliphatic hydroxyl groups excluding tert-OH is 2. The van der Waals surface area contributed by atoms with E-state index in [1.54, 1.807) is 33.5 Å². The van der Waals surface area contributed by atoms with E-state index in [0.717, 1.165) is 72.3 Å². The summed E-state index contributed by atoms with van der Waals surface area (Å²) in [5.74, 6) is 0.172. The predicted molar refractivity (Wildman–Crippen MR) is 405 cm³/mol. The van der Waals surface area contributed by atoms with Crippen molar-refractivity contribution < 1.29 is 174 Å². The zero-order chi connectivity index (χ0) is 75.9. The minimum absolute atomic E-state index is 0. The first-order valence-corrected chi connectivity index (χ1v) is 36.9. The number of carboxylic acids is 1. The van der Waals surface area contributed by atoms with E-state index in [9.17, 15) is 9.90 Å². The first-order valence-electron chi connectivity index (χ1n) is 36.9. The van der Waals surface area contributed by atoms with Gasteiger partial charge in [0.25, 0.3) is 0 Å². The van der Waals surface area contributed by atoms with Crippen molar-refractivity contribution in [3.63, 3.8) is 0 Å². The van der Waals surface area contributed by atoms with Crippen LogP contribution >= 0.6 is 0 Å². The zero-order valence-electron chi connectivity index (χ0n) is 64.8. The maximum Gasteiger partial charge on any atom is 1.00 e. The van der Waals surface area contributed by atoms with Gasteiger partial charge in [0.15, 0.2) is 11.5 Å². The van der Waals surface area contributed by atoms with Crippen LogP contribution in [0.1, 0.15) is 89.6 Å². The summed E-state index contributed by atoms with van der Waals surface area (Å²) >= 11 is 0. The zero-order valence-corrected chi connectivity index (χ0v) is 71.1. The van der Waals surface area contributed by atoms with E-state index in [4.69, 9.17) is 95.5 Å². The van der Waals surface area contributed by atoms with Crippen LogP contribution in [-0.4, -0.2) is 236 Å². The summed E-state index contributed by atoms with van der Waals surface area (Å²) in [6, 6.07) is 44.6. The molecule has 584 valence electrons. The van der Waals surface area contributed by atoms with Crippen LogP contribution in [0.2, 0.25) is 0 Å². The molecule has 7 aromatic rings. The van der Waals surface area contributed by atoms with Gasteiger partial charge >= 0.3 is 68.9 Å². The average molecular weight is 1620 g/mol. The van der Waals surface area contributed by atoms with Gasteiger partial charge in [-0.15, -0.1) is 0 Å². The number of aryl methyl sites for hydroxylation is 4. The largest absolute Gasteiger partial charge is 1.00 e. The number of methoxy groups -OCH3 is 3. The molecule has 0 spiro atoms. The van der Waals surface area contributed by atoms with Crippen molar-refractivity contribution in [1.29, 1.82) is 0 Å². The molecule has 0 fully saturated rings. The third-order valence-corrected chi connectivity index (χ3v) is 18.3. The van der Waals surface area contributed by atoms with E-state index >= 15 is 0 Å². The van der Waals surface area contributed by atoms with E-state index in [1.807, 2.05) is 12.1 Å². The topological polar surface area (TPSA) is 247 Å². The molecule has 0 saturated heterocycles. The van der Waals surface area contributed by atoms with Crippen molar-refractivity contribution in [3.05, 3.63) is 205 Å². The maximum absolute atomic E-state index is 12.1. The number of carbonyl (C=O) groups is 1. The molecule has 22 nitrogen and oxygen atoms in total. The van der Waals surface area contributed by atoms with Crippen LogP contribution in [0, 0.1) is 27.7 Å². The van der Waals surface area contributed by atoms with Crippen molar-refractivity contribution in [3.8, 4) is 39.5 Å². The summed E-state index contributed by atoms with van der Waals surface area (Å²) in [6.07, 6.45) is 0. The molecule has 108 heavy (non-hydrogen) atoms. The van der Waals surface area contributed by atoms with Crippen molar-refractivity contribution in [1.82, 2.24) is 0 Å². The SMILES string of the molecule is COCCOCCOCCOc1ccc(C2(C)c3cc(C)ccc3-c3ccc(C)cc32)cc1C(=O)[O-].COCCOCCOCCOc1ccc(C2(c3ccc(COCCOCCOCCO)c(COCCOCCOCCO)c3)c3cc(C)ccc3-c3ccc(C)cc32)cc1OCCOCCOCCOC.[Cs+]. The van der Waals surface area contributed by atoms with Gasteiger partial charge in [-0.25, -0.2) is 0 Å². The van der Waals surface area contributed by atoms with Crippen LogP contribution < -0.4 is 88.2 Å². The minimum atomic E-state index is -1.27. The van der Waals surface area contributed by atoms with Crippen molar-refractivity contribution in [2.45, 2.75) is 58.7 Å². The molecule has 0 amide bonds. The summed E-state index contributed by atoms with van der Waals surface area (Å²) in [4.78, 5) is 12.1. The molecular formula is C85H111CsO22. The fourth-order valence-corrected chi connectivity index (χ4v) is 13.0. The first kappa shape index (κ1) is 90.0. The Morgan fingerprint density at radius 2 is 0.639 bits per heavy atom. The van der Waals surface area contributed by atoms with Crippen LogP contribution in [0.5, 0.6) is 17.2 Å². The number of rotatable bonds is 54. The number of ether oxygens (including phenoxy) is 18. The van der Waals surface area contributed by atoms with Gasteiger partial charge in [0.2, 0.25) is 0 Å². The summed E-state index contributed by atoms with van der Waals surface area (Å²) < 4.78 is 102. The predicted octanol–water partition coefficient (Wildman–Crippen LogP) is 6.93. The first-order chi connectivity index (χ1) is 52.3. The number of hydrogen-bond donors (Lipinski definition) is 2. The van der Waals surface area contributed by atoms with Crippen LogP contribution in [-0.2, 0) is 95.1 Å². The maximum atomic E-state index is 12.1. The Kier molecular flexibility index (Phi) is 41.7. The smallest absolute Gasteiger partial charge is 0.545 e. The molecule has 0 bridgehead atoms. The van der Waals surface area contributed by atoms with Gasteiger partial charge in [0, 0.05) is 32.3 Å². The molecule has 0 radical (unpaired) electrons. The number of aliphatic hydroxyl groups is 2. The monoisotopic (exact) mass is 1620 g/mol. The fraction of sp³-hybridized carbons (Fsp3) is 0.494. The van der Waals surface area contributed by atoms with Crippen LogP contribution in [0.25, 0.3) is 22.3 Å². The number of carbonyl (C=O) groups excluding carboxylic acids is 1. The Morgan fingerprint density at radius 3 is 1.05 bits per heavy atom. The van der Waals surface area contributed by atoms with Crippen molar-refractivity contribution in [2.24, 2.45) is 0 Å². The number of hydrogen-bond acceptors (Lipinski definition) is 22. The quantitative estimate of drug-likeness (QED) is 0.0367. The normalized spacial score (nSPS) is 12.8. The Morgan fingerprint density at radius 1 is 0.324 bits per heavy atom. The van der Waals surface area contributed by atoms with E-state index in [2.05, 4.69) is 138 Å². The number of benzene rings is 7. The van der Waals surface area contributed by atoms with Gasteiger partial charge in [-0.05, 0) is 131 Å². The molecule has 0 heterocycles. The van der Waals surface area contributed by atoms with Crippen molar-refractivity contribution >= 4 is 5.97 Å². The molecule has 2 aliphatic rings. The Balaban J connectivity index is 0.000000366. The Bertz CT molecular complexity index is 3580. The van der Waals surface area contributed by atoms with E-state index < -0.39 is 16.8 Å². The minimum Gasteiger partial charge on any atom is -0.545 e. The molecule has 0 aliphatic heterocycles. The van der Waals surface area contributed by atoms with Crippen LogP contribution in [0.15, 0.2) is 127 Å². The van der Waals surface area contributed by atoms with Crippen LogP contribution in [0.4, 0.5) is 0 Å². The van der Waals surface area contributed by atoms with Gasteiger partial charge in [-0.2, -0.15) is 0 Å². The molecule has 0 aromatic heterocycles. The third-order valence-electron chi connectivity index (χ3n) is 18.3. The second-order valence-electron chi connectivity index (χ2n) is 25.9. The van der Waals surface area contributed by atoms with Crippen molar-refractivity contribution in [2.75, 3.05) is 220 Å². The summed E-state index contributed by atoms with van der Waals surface area (Å²) in [5.41, 5.74) is 17.6. The van der Waals surface area contributed by atoms with E-state index in [-0.39, 0.29) is 120 Å². The average Bonchev–Trinajstić information content (AvgIpc) is 1.53. The molecule has 23 heteroatoms. The summed E-state index contributed by atoms with van der Waals surface area (Å²) in [7, 11) is 4.92. The Hall–Kier alpha value is -5.22. The van der Waals surface area contributed by atoms with Gasteiger partial charge < -0.3 is 105 Å². The van der Waals surface area contributed by atoms with E-state index in [0.29, 0.717) is 183 Å². The van der Waals surface area contributed by atoms with Gasteiger partial charge in [-0.3, -0.25) is 0 Å². The molecule has 7 aromatic carbocycles. The molecule has 0 atom stereocenters. The number of aromatic carboxylic acids is 1. The van der Waals surface area contributed by atoms with Crippen LogP contribution in [0.3, 0.4) is 0 Å². The molecular weight excluding hydrogens is 1510 g/mol. The fourth-order valence-electron chi connectivity index (χ4n) is 13.0. The third kappa shape index (κ3) is 26.4. The second kappa shape index (κ2) is 50.0. The Labute approximate surface area is 696 Å². The second-order valence-corrected chi connectivity index (χ2v) is 25.9. The van der Waals surface area contributed by atoms with Gasteiger partial charge in [0.1, 0.15) is 25.6 Å². The van der Waals surface area contributed by atoms with Gasteiger partial charge in [-0.1, -0.05) is 125 Å². The van der Waals surface area contributed by atoms with E-state index in [1.165, 1.54) is 22.3 Å². The van der Waals surface area contributed by atoms with Gasteiger partial charge in [0.05, 0.1) is 203 Å². The molecule has 0 unspecified atom stereocenters. The molecule has 0 saturated carbocycles. The standard InChI is InChI=1S/C55H78O16.C30H34O6.Cs/c1-43-5-10-49-50-11-6-44(2)38-52(50)55(51(49)37-43,47-8-7-45(41-68-31-29-64-23-21-60-15-13-56)46(39-47)42-69-32-30-65-24-22-61-16-14-57)48-9-12-53(70-35-33-66-27-25-62-19-17-58-3)54(40-48)71-36-34-67-28-26-63-20-18-59-4;1-20-5-8-23-24-9-6-21(2)18-27(24)30(3,26(23)17-20)22-7-10-28(25(19-22)29(31)32)36-16-15-35-14-13-34-12-11-33-4;/h5-12,37-40,56-57H,13-36,41-42H2,1-4H3;5-10,17-19H,11-16H2,1-4H3,(H,31,32);/q;;+1/p-1. The number of carboxylic acid groups (broad SMARTS) is 1. The summed E-state index contributed by atoms with van der Waals surface area (Å²) in [5, 5.41) is 30.1. The summed E-state index contributed by atoms with van der Waals surface area (Å²) in [6.45, 7) is 22.5. The number of fused-ring (bicyclic) bond motifs is 6. The molecule has 2 N–H and O–H groups in total. The molecule has 9 rings (SSSR count).